The molecule has 1 atom stereocenters. The Kier molecular flexibility index (Phi) is 5.31. The third-order valence-corrected chi connectivity index (χ3v) is 3.74. The Hall–Kier alpha value is -1.67. The van der Waals surface area contributed by atoms with E-state index in [-0.39, 0.29) is 6.04 Å². The predicted octanol–water partition coefficient (Wildman–Crippen LogP) is 3.91. The van der Waals surface area contributed by atoms with Crippen molar-refractivity contribution in [3.63, 3.8) is 0 Å². The summed E-state index contributed by atoms with van der Waals surface area (Å²) in [7, 11) is 2.02. The highest BCUT2D eigenvalue weighted by Gasteiger charge is 2.15. The van der Waals surface area contributed by atoms with Gasteiger partial charge in [-0.05, 0) is 48.2 Å². The van der Waals surface area contributed by atoms with E-state index in [0.29, 0.717) is 0 Å². The highest BCUT2D eigenvalue weighted by molar-refractivity contribution is 5.37. The molecule has 0 aliphatic heterocycles. The second-order valence-electron chi connectivity index (χ2n) is 5.14. The smallest absolute Gasteiger partial charge is 0.0578 e. The lowest BCUT2D eigenvalue weighted by Gasteiger charge is -2.20. The fourth-order valence-electron chi connectivity index (χ4n) is 2.73. The zero-order valence-corrected chi connectivity index (χ0v) is 12.7. The summed E-state index contributed by atoms with van der Waals surface area (Å²) in [6.07, 6.45) is 7.20. The summed E-state index contributed by atoms with van der Waals surface area (Å²) in [6, 6.07) is 11.3. The van der Waals surface area contributed by atoms with Gasteiger partial charge in [-0.1, -0.05) is 44.5 Å². The second kappa shape index (κ2) is 7.20. The van der Waals surface area contributed by atoms with Gasteiger partial charge < -0.3 is 5.32 Å². The SMILES string of the molecule is CCCc1cccc(C(NC)c2ccncc2CC)c1. The number of nitrogens with zero attached hydrogens (tertiary/aromatic N) is 1. The van der Waals surface area contributed by atoms with Crippen LogP contribution in [0.1, 0.15) is 48.6 Å². The van der Waals surface area contributed by atoms with Gasteiger partial charge in [0, 0.05) is 12.4 Å². The van der Waals surface area contributed by atoms with E-state index < -0.39 is 0 Å². The van der Waals surface area contributed by atoms with Crippen LogP contribution in [0.3, 0.4) is 0 Å². The molecular formula is C18H24N2. The van der Waals surface area contributed by atoms with Gasteiger partial charge in [0.15, 0.2) is 0 Å². The molecule has 0 aliphatic rings. The zero-order valence-electron chi connectivity index (χ0n) is 12.7. The minimum atomic E-state index is 0.241. The number of pyridine rings is 1. The Labute approximate surface area is 122 Å². The molecule has 0 spiro atoms. The van der Waals surface area contributed by atoms with E-state index in [0.717, 1.165) is 12.8 Å². The molecule has 0 aliphatic carbocycles. The van der Waals surface area contributed by atoms with Crippen molar-refractivity contribution in [2.45, 2.75) is 39.2 Å². The van der Waals surface area contributed by atoms with Crippen LogP contribution in [0, 0.1) is 0 Å². The molecule has 1 N–H and O–H groups in total. The fraction of sp³-hybridized carbons (Fsp3) is 0.389. The number of benzene rings is 1. The maximum atomic E-state index is 4.25. The first kappa shape index (κ1) is 14.7. The Bertz CT molecular complexity index is 549. The molecule has 1 aromatic carbocycles. The number of hydrogen-bond donors (Lipinski definition) is 1. The van der Waals surface area contributed by atoms with Gasteiger partial charge in [0.2, 0.25) is 0 Å². The molecule has 2 rings (SSSR count). The third-order valence-electron chi connectivity index (χ3n) is 3.74. The zero-order chi connectivity index (χ0) is 14.4. The van der Waals surface area contributed by atoms with Crippen LogP contribution in [0.15, 0.2) is 42.7 Å². The molecule has 2 heteroatoms. The van der Waals surface area contributed by atoms with E-state index >= 15 is 0 Å². The van der Waals surface area contributed by atoms with Crippen LogP contribution in [-0.2, 0) is 12.8 Å². The van der Waals surface area contributed by atoms with Crippen molar-refractivity contribution in [2.24, 2.45) is 0 Å². The molecule has 0 saturated heterocycles. The molecule has 106 valence electrons. The van der Waals surface area contributed by atoms with E-state index in [9.17, 15) is 0 Å². The average molecular weight is 268 g/mol. The van der Waals surface area contributed by atoms with Crippen molar-refractivity contribution in [3.8, 4) is 0 Å². The van der Waals surface area contributed by atoms with Gasteiger partial charge in [-0.15, -0.1) is 0 Å². The molecule has 0 fully saturated rings. The standard InChI is InChI=1S/C18H24N2/c1-4-7-14-8-6-9-16(12-14)18(19-3)17-10-11-20-13-15(17)5-2/h6,8-13,18-19H,4-5,7H2,1-3H3. The number of aromatic nitrogens is 1. The van der Waals surface area contributed by atoms with E-state index in [1.165, 1.54) is 28.7 Å². The first-order valence-electron chi connectivity index (χ1n) is 7.49. The molecule has 0 radical (unpaired) electrons. The number of nitrogens with one attached hydrogen (secondary N) is 1. The maximum absolute atomic E-state index is 4.25. The lowest BCUT2D eigenvalue weighted by atomic mass is 9.93. The summed E-state index contributed by atoms with van der Waals surface area (Å²) in [4.78, 5) is 4.25. The van der Waals surface area contributed by atoms with Gasteiger partial charge in [-0.3, -0.25) is 4.98 Å². The molecule has 0 saturated carbocycles. The highest BCUT2D eigenvalue weighted by Crippen LogP contribution is 2.25. The van der Waals surface area contributed by atoms with E-state index in [4.69, 9.17) is 0 Å². The van der Waals surface area contributed by atoms with Crippen molar-refractivity contribution < 1.29 is 0 Å². The largest absolute Gasteiger partial charge is 0.309 e. The first-order chi connectivity index (χ1) is 9.80. The van der Waals surface area contributed by atoms with Crippen molar-refractivity contribution in [1.82, 2.24) is 10.3 Å². The van der Waals surface area contributed by atoms with Gasteiger partial charge in [0.05, 0.1) is 6.04 Å². The van der Waals surface area contributed by atoms with Crippen LogP contribution in [0.25, 0.3) is 0 Å². The van der Waals surface area contributed by atoms with Crippen molar-refractivity contribution in [3.05, 3.63) is 65.0 Å². The minimum absolute atomic E-state index is 0.241. The molecule has 2 aromatic rings. The first-order valence-corrected chi connectivity index (χ1v) is 7.49. The number of hydrogen-bond acceptors (Lipinski definition) is 2. The molecular weight excluding hydrogens is 244 g/mol. The van der Waals surface area contributed by atoms with Crippen molar-refractivity contribution >= 4 is 0 Å². The normalized spacial score (nSPS) is 12.3. The van der Waals surface area contributed by atoms with Crippen LogP contribution >= 0.6 is 0 Å². The molecule has 1 unspecified atom stereocenters. The molecule has 0 amide bonds. The van der Waals surface area contributed by atoms with E-state index in [1.54, 1.807) is 0 Å². The molecule has 2 nitrogen and oxygen atoms in total. The van der Waals surface area contributed by atoms with Crippen LogP contribution in [-0.4, -0.2) is 12.0 Å². The highest BCUT2D eigenvalue weighted by atomic mass is 14.9. The Morgan fingerprint density at radius 3 is 2.75 bits per heavy atom. The summed E-state index contributed by atoms with van der Waals surface area (Å²) in [6.45, 7) is 4.40. The van der Waals surface area contributed by atoms with E-state index in [2.05, 4.69) is 54.5 Å². The summed E-state index contributed by atoms with van der Waals surface area (Å²) in [5.74, 6) is 0. The Balaban J connectivity index is 2.39. The number of aryl methyl sites for hydroxylation is 2. The van der Waals surface area contributed by atoms with Gasteiger partial charge in [0.25, 0.3) is 0 Å². The Morgan fingerprint density at radius 2 is 2.05 bits per heavy atom. The predicted molar refractivity (Wildman–Crippen MR) is 85.0 cm³/mol. The maximum Gasteiger partial charge on any atom is 0.0578 e. The van der Waals surface area contributed by atoms with Crippen LogP contribution in [0.4, 0.5) is 0 Å². The molecule has 1 heterocycles. The summed E-state index contributed by atoms with van der Waals surface area (Å²) < 4.78 is 0. The van der Waals surface area contributed by atoms with Gasteiger partial charge in [-0.2, -0.15) is 0 Å². The minimum Gasteiger partial charge on any atom is -0.309 e. The Morgan fingerprint density at radius 1 is 1.20 bits per heavy atom. The topological polar surface area (TPSA) is 24.9 Å². The third kappa shape index (κ3) is 3.26. The molecule has 1 aromatic heterocycles. The summed E-state index contributed by atoms with van der Waals surface area (Å²) in [5.41, 5.74) is 5.39. The number of rotatable bonds is 6. The van der Waals surface area contributed by atoms with Crippen LogP contribution < -0.4 is 5.32 Å². The van der Waals surface area contributed by atoms with Crippen LogP contribution in [0.5, 0.6) is 0 Å². The average Bonchev–Trinajstić information content (AvgIpc) is 2.49. The van der Waals surface area contributed by atoms with Gasteiger partial charge in [0.1, 0.15) is 0 Å². The monoisotopic (exact) mass is 268 g/mol. The second-order valence-corrected chi connectivity index (χ2v) is 5.14. The lowest BCUT2D eigenvalue weighted by molar-refractivity contribution is 0.681. The lowest BCUT2D eigenvalue weighted by Crippen LogP contribution is -2.19. The fourth-order valence-corrected chi connectivity index (χ4v) is 2.73. The quantitative estimate of drug-likeness (QED) is 0.859. The molecule has 20 heavy (non-hydrogen) atoms. The summed E-state index contributed by atoms with van der Waals surface area (Å²) >= 11 is 0. The van der Waals surface area contributed by atoms with Crippen molar-refractivity contribution in [2.75, 3.05) is 7.05 Å². The molecule has 0 bridgehead atoms. The van der Waals surface area contributed by atoms with Crippen LogP contribution in [0.2, 0.25) is 0 Å². The van der Waals surface area contributed by atoms with Gasteiger partial charge in [-0.25, -0.2) is 0 Å². The van der Waals surface area contributed by atoms with E-state index in [1.807, 2.05) is 19.4 Å². The summed E-state index contributed by atoms with van der Waals surface area (Å²) in [5, 5.41) is 3.45. The van der Waals surface area contributed by atoms with Gasteiger partial charge >= 0.3 is 0 Å². The van der Waals surface area contributed by atoms with Crippen molar-refractivity contribution in [1.29, 1.82) is 0 Å².